The van der Waals surface area contributed by atoms with Crippen LogP contribution in [0.5, 0.6) is 11.5 Å². The molecule has 8 heteroatoms. The van der Waals surface area contributed by atoms with E-state index in [0.717, 1.165) is 50.9 Å². The monoisotopic (exact) mass is 623 g/mol. The predicted molar refractivity (Wildman–Crippen MR) is 144 cm³/mol. The standard InChI is InChI=1S/C25H27BrIN3O3/c1-3-32-22-13-16(12-20(27)23(22)33-4-2)15-28-30-24(17-8-6-5-7-9-17)29-21-11-10-18(26)14-19(21)25(30)31/h10-15,17H,3-9H2,1-2H3. The quantitative estimate of drug-likeness (QED) is 0.223. The molecule has 3 aromatic rings. The summed E-state index contributed by atoms with van der Waals surface area (Å²) in [7, 11) is 0. The van der Waals surface area contributed by atoms with Gasteiger partial charge in [-0.15, -0.1) is 0 Å². The van der Waals surface area contributed by atoms with E-state index >= 15 is 0 Å². The maximum atomic E-state index is 13.5. The Balaban J connectivity index is 1.82. The minimum absolute atomic E-state index is 0.149. The first kappa shape index (κ1) is 24.2. The van der Waals surface area contributed by atoms with Crippen molar-refractivity contribution in [1.82, 2.24) is 9.66 Å². The van der Waals surface area contributed by atoms with Crippen LogP contribution in [0.4, 0.5) is 0 Å². The molecule has 1 heterocycles. The molecule has 2 aromatic carbocycles. The third-order valence-electron chi connectivity index (χ3n) is 5.75. The highest BCUT2D eigenvalue weighted by Crippen LogP contribution is 2.34. The summed E-state index contributed by atoms with van der Waals surface area (Å²) in [6.07, 6.45) is 7.29. The zero-order valence-corrected chi connectivity index (χ0v) is 22.6. The van der Waals surface area contributed by atoms with Crippen molar-refractivity contribution in [3.63, 3.8) is 0 Å². The van der Waals surface area contributed by atoms with Crippen LogP contribution in [0.2, 0.25) is 0 Å². The topological polar surface area (TPSA) is 65.7 Å². The lowest BCUT2D eigenvalue weighted by Crippen LogP contribution is -2.25. The number of hydrogen-bond acceptors (Lipinski definition) is 5. The molecule has 1 aliphatic carbocycles. The smallest absolute Gasteiger partial charge is 0.282 e. The van der Waals surface area contributed by atoms with Gasteiger partial charge in [-0.2, -0.15) is 9.78 Å². The third-order valence-corrected chi connectivity index (χ3v) is 7.04. The van der Waals surface area contributed by atoms with Crippen molar-refractivity contribution in [1.29, 1.82) is 0 Å². The fourth-order valence-corrected chi connectivity index (χ4v) is 5.38. The van der Waals surface area contributed by atoms with E-state index in [9.17, 15) is 4.79 Å². The van der Waals surface area contributed by atoms with E-state index in [1.54, 1.807) is 6.21 Å². The minimum Gasteiger partial charge on any atom is -0.490 e. The van der Waals surface area contributed by atoms with Crippen LogP contribution in [0, 0.1) is 3.57 Å². The molecule has 0 atom stereocenters. The summed E-state index contributed by atoms with van der Waals surface area (Å²) >= 11 is 5.71. The molecular formula is C25H27BrIN3O3. The molecule has 6 nitrogen and oxygen atoms in total. The Labute approximate surface area is 215 Å². The average Bonchev–Trinajstić information content (AvgIpc) is 2.81. The Kier molecular flexibility index (Phi) is 8.06. The van der Waals surface area contributed by atoms with Gasteiger partial charge in [0, 0.05) is 10.4 Å². The summed E-state index contributed by atoms with van der Waals surface area (Å²) in [5, 5.41) is 5.20. The first-order valence-corrected chi connectivity index (χ1v) is 13.2. The van der Waals surface area contributed by atoms with E-state index in [0.29, 0.717) is 29.9 Å². The lowest BCUT2D eigenvalue weighted by molar-refractivity contribution is 0.286. The molecule has 0 radical (unpaired) electrons. The highest BCUT2D eigenvalue weighted by molar-refractivity contribution is 14.1. The van der Waals surface area contributed by atoms with Crippen LogP contribution in [-0.2, 0) is 0 Å². The van der Waals surface area contributed by atoms with Crippen LogP contribution in [0.3, 0.4) is 0 Å². The first-order chi connectivity index (χ1) is 16.0. The molecule has 1 aliphatic rings. The number of aromatic nitrogens is 2. The molecule has 0 saturated heterocycles. The molecule has 0 amide bonds. The second kappa shape index (κ2) is 11.0. The fraction of sp³-hybridized carbons (Fsp3) is 0.400. The van der Waals surface area contributed by atoms with Crippen molar-refractivity contribution in [2.45, 2.75) is 51.9 Å². The van der Waals surface area contributed by atoms with Crippen LogP contribution < -0.4 is 15.0 Å². The van der Waals surface area contributed by atoms with Crippen molar-refractivity contribution < 1.29 is 9.47 Å². The molecule has 0 N–H and O–H groups in total. The number of benzene rings is 2. The fourth-order valence-electron chi connectivity index (χ4n) is 4.24. The molecule has 1 aromatic heterocycles. The first-order valence-electron chi connectivity index (χ1n) is 11.4. The van der Waals surface area contributed by atoms with Gasteiger partial charge in [0.25, 0.3) is 5.56 Å². The number of halogens is 2. The van der Waals surface area contributed by atoms with Gasteiger partial charge in [0.05, 0.1) is 33.9 Å². The summed E-state index contributed by atoms with van der Waals surface area (Å²) in [5.41, 5.74) is 1.40. The summed E-state index contributed by atoms with van der Waals surface area (Å²) < 4.78 is 14.8. The molecule has 33 heavy (non-hydrogen) atoms. The van der Waals surface area contributed by atoms with Crippen LogP contribution in [-0.4, -0.2) is 29.1 Å². The van der Waals surface area contributed by atoms with Crippen LogP contribution in [0.25, 0.3) is 10.9 Å². The highest BCUT2D eigenvalue weighted by Gasteiger charge is 2.22. The number of fused-ring (bicyclic) bond motifs is 1. The molecule has 0 aliphatic heterocycles. The molecule has 1 saturated carbocycles. The van der Waals surface area contributed by atoms with Gasteiger partial charge in [0.1, 0.15) is 5.82 Å². The largest absolute Gasteiger partial charge is 0.490 e. The second-order valence-corrected chi connectivity index (χ2v) is 10.1. The Morgan fingerprint density at radius 2 is 1.91 bits per heavy atom. The van der Waals surface area contributed by atoms with Crippen LogP contribution in [0.1, 0.15) is 63.3 Å². The zero-order chi connectivity index (χ0) is 23.4. The van der Waals surface area contributed by atoms with Crippen LogP contribution >= 0.6 is 38.5 Å². The molecule has 0 unspecified atom stereocenters. The predicted octanol–water partition coefficient (Wildman–Crippen LogP) is 6.49. The number of ether oxygens (including phenoxy) is 2. The minimum atomic E-state index is -0.149. The maximum absolute atomic E-state index is 13.5. The third kappa shape index (κ3) is 5.42. The Hall–Kier alpha value is -1.94. The van der Waals surface area contributed by atoms with Gasteiger partial charge in [0.2, 0.25) is 0 Å². The molecule has 1 fully saturated rings. The van der Waals surface area contributed by atoms with Gasteiger partial charge in [0.15, 0.2) is 11.5 Å². The Bertz CT molecular complexity index is 1240. The molecular weight excluding hydrogens is 597 g/mol. The maximum Gasteiger partial charge on any atom is 0.282 e. The van der Waals surface area contributed by atoms with E-state index in [1.165, 1.54) is 11.1 Å². The van der Waals surface area contributed by atoms with E-state index in [2.05, 4.69) is 43.6 Å². The van der Waals surface area contributed by atoms with Crippen molar-refractivity contribution in [2.24, 2.45) is 5.10 Å². The molecule has 0 bridgehead atoms. The van der Waals surface area contributed by atoms with Crippen molar-refractivity contribution in [3.05, 3.63) is 60.1 Å². The summed E-state index contributed by atoms with van der Waals surface area (Å²) in [6, 6.07) is 9.51. The van der Waals surface area contributed by atoms with Gasteiger partial charge in [-0.1, -0.05) is 35.2 Å². The number of rotatable bonds is 7. The Morgan fingerprint density at radius 1 is 1.15 bits per heavy atom. The van der Waals surface area contributed by atoms with Gasteiger partial charge in [-0.25, -0.2) is 4.98 Å². The average molecular weight is 624 g/mol. The van der Waals surface area contributed by atoms with Gasteiger partial charge in [-0.3, -0.25) is 4.79 Å². The van der Waals surface area contributed by atoms with E-state index in [1.807, 2.05) is 44.2 Å². The number of hydrogen-bond donors (Lipinski definition) is 0. The summed E-state index contributed by atoms with van der Waals surface area (Å²) in [6.45, 7) is 4.98. The van der Waals surface area contributed by atoms with E-state index < -0.39 is 0 Å². The van der Waals surface area contributed by atoms with Crippen molar-refractivity contribution in [3.8, 4) is 11.5 Å². The lowest BCUT2D eigenvalue weighted by atomic mass is 9.88. The van der Waals surface area contributed by atoms with Gasteiger partial charge >= 0.3 is 0 Å². The highest BCUT2D eigenvalue weighted by atomic mass is 127. The van der Waals surface area contributed by atoms with Gasteiger partial charge < -0.3 is 9.47 Å². The molecule has 4 rings (SSSR count). The van der Waals surface area contributed by atoms with E-state index in [4.69, 9.17) is 14.5 Å². The lowest BCUT2D eigenvalue weighted by Gasteiger charge is -2.22. The van der Waals surface area contributed by atoms with E-state index in [-0.39, 0.29) is 11.5 Å². The number of nitrogens with zero attached hydrogens (tertiary/aromatic N) is 3. The zero-order valence-electron chi connectivity index (χ0n) is 18.8. The van der Waals surface area contributed by atoms with Crippen LogP contribution in [0.15, 0.2) is 44.7 Å². The molecule has 0 spiro atoms. The van der Waals surface area contributed by atoms with Gasteiger partial charge in [-0.05, 0) is 85.2 Å². The second-order valence-electron chi connectivity index (χ2n) is 8.02. The Morgan fingerprint density at radius 3 is 2.64 bits per heavy atom. The summed E-state index contributed by atoms with van der Waals surface area (Å²) in [5.74, 6) is 2.38. The molecule has 174 valence electrons. The normalized spacial score (nSPS) is 14.8. The SMILES string of the molecule is CCOc1cc(C=Nn2c(C3CCCCC3)nc3ccc(Br)cc3c2=O)cc(I)c1OCC. The van der Waals surface area contributed by atoms with Crippen molar-refractivity contribution in [2.75, 3.05) is 13.2 Å². The summed E-state index contributed by atoms with van der Waals surface area (Å²) in [4.78, 5) is 18.4. The van der Waals surface area contributed by atoms with Crippen molar-refractivity contribution >= 4 is 55.6 Å².